The van der Waals surface area contributed by atoms with Crippen LogP contribution in [0.4, 0.5) is 0 Å². The predicted molar refractivity (Wildman–Crippen MR) is 214 cm³/mol. The molecule has 0 amide bonds. The first kappa shape index (κ1) is 29.2. The second-order valence-corrected chi connectivity index (χ2v) is 13.2. The van der Waals surface area contributed by atoms with Crippen molar-refractivity contribution in [1.82, 2.24) is 0 Å². The lowest BCUT2D eigenvalue weighted by atomic mass is 9.79. The summed E-state index contributed by atoms with van der Waals surface area (Å²) in [5.41, 5.74) is 17.7. The van der Waals surface area contributed by atoms with Crippen molar-refractivity contribution in [2.45, 2.75) is 0 Å². The number of para-hydroxylation sites is 1. The van der Waals surface area contributed by atoms with Crippen LogP contribution < -0.4 is 4.74 Å². The lowest BCUT2D eigenvalue weighted by Crippen LogP contribution is -2.02. The van der Waals surface area contributed by atoms with E-state index in [0.717, 1.165) is 39.1 Å². The van der Waals surface area contributed by atoms with Gasteiger partial charge in [0.15, 0.2) is 0 Å². The highest BCUT2D eigenvalue weighted by Crippen LogP contribution is 2.53. The van der Waals surface area contributed by atoms with Gasteiger partial charge in [-0.3, -0.25) is 0 Å². The van der Waals surface area contributed by atoms with Crippen molar-refractivity contribution in [3.63, 3.8) is 0 Å². The first-order chi connectivity index (χ1) is 25.3. The highest BCUT2D eigenvalue weighted by atomic mass is 16.5. The summed E-state index contributed by atoms with van der Waals surface area (Å²) in [4.78, 5) is 0. The quantitative estimate of drug-likeness (QED) is 0.173. The number of allylic oxidation sites excluding steroid dienone is 2. The Labute approximate surface area is 298 Å². The summed E-state index contributed by atoms with van der Waals surface area (Å²) in [6, 6.07) is 61.3. The molecule has 0 fully saturated rings. The summed E-state index contributed by atoms with van der Waals surface area (Å²) in [6.07, 6.45) is 4.00. The minimum atomic E-state index is 0.865. The number of rotatable bonds is 4. The van der Waals surface area contributed by atoms with Gasteiger partial charge in [-0.2, -0.15) is 0 Å². The topological polar surface area (TPSA) is 9.23 Å². The van der Waals surface area contributed by atoms with Crippen LogP contribution in [0.25, 0.3) is 83.1 Å². The summed E-state index contributed by atoms with van der Waals surface area (Å²) >= 11 is 0. The van der Waals surface area contributed by atoms with Crippen molar-refractivity contribution >= 4 is 16.3 Å². The molecule has 0 aromatic heterocycles. The lowest BCUT2D eigenvalue weighted by molar-refractivity contribution is 0.485. The molecule has 1 aliphatic heterocycles. The van der Waals surface area contributed by atoms with Gasteiger partial charge in [-0.15, -0.1) is 0 Å². The van der Waals surface area contributed by atoms with Gasteiger partial charge in [-0.05, 0) is 89.9 Å². The third-order valence-corrected chi connectivity index (χ3v) is 10.5. The summed E-state index contributed by atoms with van der Waals surface area (Å²) in [6.45, 7) is 4.16. The average Bonchev–Trinajstić information content (AvgIpc) is 3.20. The fraction of sp³-hybridized carbons (Fsp3) is 0. The van der Waals surface area contributed by atoms with E-state index >= 15 is 0 Å². The van der Waals surface area contributed by atoms with E-state index in [2.05, 4.69) is 183 Å². The van der Waals surface area contributed by atoms with E-state index in [1.54, 1.807) is 0 Å². The molecule has 1 heteroatoms. The van der Waals surface area contributed by atoms with Gasteiger partial charge >= 0.3 is 0 Å². The summed E-state index contributed by atoms with van der Waals surface area (Å²) in [5, 5.41) is 2.34. The van der Waals surface area contributed by atoms with E-state index in [4.69, 9.17) is 4.74 Å². The molecule has 0 spiro atoms. The molecule has 0 saturated heterocycles. The van der Waals surface area contributed by atoms with Crippen molar-refractivity contribution in [1.29, 1.82) is 0 Å². The molecule has 10 rings (SSSR count). The van der Waals surface area contributed by atoms with Crippen LogP contribution in [-0.4, -0.2) is 0 Å². The van der Waals surface area contributed by atoms with Gasteiger partial charge in [0.1, 0.15) is 11.5 Å². The molecule has 238 valence electrons. The number of hydrogen-bond acceptors (Lipinski definition) is 1. The van der Waals surface area contributed by atoms with Crippen LogP contribution in [0.3, 0.4) is 0 Å². The number of ether oxygens (including phenoxy) is 1. The molecule has 0 atom stereocenters. The standard InChI is InChI=1S/C50H32O/c1-2-14-34(45-25-13-26-46-44-24-12-23-43-35(32-15-4-3-5-16-32)29-30-48(49(43)44)51-50(45)46)33-27-28-42-40-21-9-8-19-38(40)36-17-6-7-18-37(36)39-20-10-11-22-41(39)47(42)31-33/h2-31H,1H2/b34-14-,38-36?,39-37?,42-40?,47-41?. The minimum Gasteiger partial charge on any atom is -0.455 e. The zero-order valence-electron chi connectivity index (χ0n) is 27.9. The molecule has 51 heavy (non-hydrogen) atoms. The monoisotopic (exact) mass is 648 g/mol. The molecular weight excluding hydrogens is 617 g/mol. The van der Waals surface area contributed by atoms with E-state index in [9.17, 15) is 0 Å². The minimum absolute atomic E-state index is 0.865. The van der Waals surface area contributed by atoms with Crippen LogP contribution in [0, 0.1) is 0 Å². The smallest absolute Gasteiger partial charge is 0.143 e. The van der Waals surface area contributed by atoms with Gasteiger partial charge in [0.05, 0.1) is 0 Å². The van der Waals surface area contributed by atoms with Crippen LogP contribution in [0.1, 0.15) is 11.1 Å². The molecule has 0 N–H and O–H groups in total. The SMILES string of the molecule is C=C/C=C(/c1ccc2c(c1)-c1ccccc1-c1ccccc1-c1ccccc1-2)c1cccc2c1Oc1ccc(-c3ccccc3)c3cccc-2c13. The van der Waals surface area contributed by atoms with Gasteiger partial charge in [0.2, 0.25) is 0 Å². The fourth-order valence-corrected chi connectivity index (χ4v) is 8.22. The van der Waals surface area contributed by atoms with Gasteiger partial charge in [0.25, 0.3) is 0 Å². The number of benzene rings is 8. The molecule has 2 aliphatic rings. The summed E-state index contributed by atoms with van der Waals surface area (Å²) < 4.78 is 6.94. The Morgan fingerprint density at radius 3 is 1.61 bits per heavy atom. The molecule has 0 unspecified atom stereocenters. The zero-order chi connectivity index (χ0) is 33.9. The van der Waals surface area contributed by atoms with Gasteiger partial charge in [-0.1, -0.05) is 176 Å². The van der Waals surface area contributed by atoms with Crippen LogP contribution in [0.2, 0.25) is 0 Å². The zero-order valence-corrected chi connectivity index (χ0v) is 27.9. The van der Waals surface area contributed by atoms with Crippen molar-refractivity contribution in [3.8, 4) is 78.3 Å². The summed E-state index contributed by atoms with van der Waals surface area (Å²) in [7, 11) is 0. The van der Waals surface area contributed by atoms with E-state index < -0.39 is 0 Å². The molecule has 8 aromatic rings. The van der Waals surface area contributed by atoms with Crippen LogP contribution in [0.15, 0.2) is 189 Å². The van der Waals surface area contributed by atoms with Crippen LogP contribution in [-0.2, 0) is 0 Å². The van der Waals surface area contributed by atoms with Crippen molar-refractivity contribution < 1.29 is 4.74 Å². The van der Waals surface area contributed by atoms with Gasteiger partial charge in [0, 0.05) is 16.5 Å². The number of fused-ring (bicyclic) bond motifs is 10. The average molecular weight is 649 g/mol. The van der Waals surface area contributed by atoms with E-state index in [0.29, 0.717) is 0 Å². The molecular formula is C50H32O. The first-order valence-corrected chi connectivity index (χ1v) is 17.5. The largest absolute Gasteiger partial charge is 0.455 e. The summed E-state index contributed by atoms with van der Waals surface area (Å²) in [5.74, 6) is 1.74. The van der Waals surface area contributed by atoms with Crippen LogP contribution in [0.5, 0.6) is 11.5 Å². The maximum atomic E-state index is 6.94. The predicted octanol–water partition coefficient (Wildman–Crippen LogP) is 13.9. The Morgan fingerprint density at radius 2 is 0.961 bits per heavy atom. The Balaban J connectivity index is 1.17. The third kappa shape index (κ3) is 4.56. The van der Waals surface area contributed by atoms with Crippen molar-refractivity contribution in [2.24, 2.45) is 0 Å². The Kier molecular flexibility index (Phi) is 6.72. The van der Waals surface area contributed by atoms with Gasteiger partial charge in [-0.25, -0.2) is 0 Å². The van der Waals surface area contributed by atoms with Crippen molar-refractivity contribution in [2.75, 3.05) is 0 Å². The molecule has 0 saturated carbocycles. The fourth-order valence-electron chi connectivity index (χ4n) is 8.22. The Bertz CT molecular complexity index is 2720. The lowest BCUT2D eigenvalue weighted by Gasteiger charge is -2.26. The van der Waals surface area contributed by atoms with E-state index in [-0.39, 0.29) is 0 Å². The molecule has 0 radical (unpaired) electrons. The first-order valence-electron chi connectivity index (χ1n) is 17.5. The Hall–Kier alpha value is -6.70. The normalized spacial score (nSPS) is 12.3. The number of hydrogen-bond donors (Lipinski definition) is 0. The molecule has 1 aliphatic carbocycles. The molecule has 1 nitrogen and oxygen atoms in total. The molecule has 0 bridgehead atoms. The van der Waals surface area contributed by atoms with Crippen LogP contribution >= 0.6 is 0 Å². The second kappa shape index (κ2) is 11.7. The third-order valence-electron chi connectivity index (χ3n) is 10.5. The second-order valence-electron chi connectivity index (χ2n) is 13.2. The van der Waals surface area contributed by atoms with E-state index in [1.807, 2.05) is 6.08 Å². The molecule has 1 heterocycles. The molecule has 8 aromatic carbocycles. The highest BCUT2D eigenvalue weighted by molar-refractivity contribution is 6.11. The van der Waals surface area contributed by atoms with Crippen molar-refractivity contribution in [3.05, 3.63) is 200 Å². The Morgan fingerprint density at radius 1 is 0.431 bits per heavy atom. The maximum Gasteiger partial charge on any atom is 0.143 e. The van der Waals surface area contributed by atoms with Gasteiger partial charge < -0.3 is 4.74 Å². The highest BCUT2D eigenvalue weighted by Gasteiger charge is 2.27. The van der Waals surface area contributed by atoms with E-state index in [1.165, 1.54) is 66.6 Å². The maximum absolute atomic E-state index is 6.94.